The van der Waals surface area contributed by atoms with E-state index in [2.05, 4.69) is 16.0 Å². The van der Waals surface area contributed by atoms with Crippen molar-refractivity contribution >= 4 is 70.1 Å². The molecule has 0 radical (unpaired) electrons. The number of amides is 3. The molecule has 1 atom stereocenters. The monoisotopic (exact) mass is 681 g/mol. The van der Waals surface area contributed by atoms with E-state index in [4.69, 9.17) is 27.9 Å². The lowest BCUT2D eigenvalue weighted by Gasteiger charge is -2.18. The van der Waals surface area contributed by atoms with Crippen LogP contribution in [-0.2, 0) is 9.59 Å². The molecular formula is C37H29Cl2N3O4S. The lowest BCUT2D eigenvalue weighted by atomic mass is 10.1. The summed E-state index contributed by atoms with van der Waals surface area (Å²) in [5.74, 6) is -0.502. The van der Waals surface area contributed by atoms with E-state index < -0.39 is 17.1 Å². The summed E-state index contributed by atoms with van der Waals surface area (Å²) in [6.07, 6.45) is 1.49. The van der Waals surface area contributed by atoms with E-state index in [0.29, 0.717) is 38.3 Å². The zero-order valence-corrected chi connectivity index (χ0v) is 27.4. The fourth-order valence-electron chi connectivity index (χ4n) is 4.45. The Morgan fingerprint density at radius 2 is 1.36 bits per heavy atom. The number of hydrogen-bond acceptors (Lipinski definition) is 5. The number of carbonyl (C=O) groups is 3. The second-order valence-electron chi connectivity index (χ2n) is 10.1. The summed E-state index contributed by atoms with van der Waals surface area (Å²) in [4.78, 5) is 40.7. The number of anilines is 2. The Morgan fingerprint density at radius 3 is 2.00 bits per heavy atom. The highest BCUT2D eigenvalue weighted by Crippen LogP contribution is 2.37. The maximum Gasteiger partial charge on any atom is 0.272 e. The average Bonchev–Trinajstić information content (AvgIpc) is 3.09. The van der Waals surface area contributed by atoms with Gasteiger partial charge in [0.1, 0.15) is 16.7 Å². The van der Waals surface area contributed by atoms with E-state index in [1.165, 1.54) is 17.8 Å². The molecule has 0 aliphatic carbocycles. The van der Waals surface area contributed by atoms with Crippen LogP contribution in [0.4, 0.5) is 11.4 Å². The molecule has 3 N–H and O–H groups in total. The molecule has 3 amide bonds. The van der Waals surface area contributed by atoms with Gasteiger partial charge in [0.05, 0.1) is 7.11 Å². The van der Waals surface area contributed by atoms with Crippen molar-refractivity contribution in [3.8, 4) is 5.75 Å². The molecule has 5 aromatic carbocycles. The number of ether oxygens (including phenoxy) is 1. The van der Waals surface area contributed by atoms with Crippen LogP contribution >= 0.6 is 35.0 Å². The van der Waals surface area contributed by atoms with Gasteiger partial charge in [0.25, 0.3) is 11.8 Å². The minimum atomic E-state index is -0.554. The Bertz CT molecular complexity index is 1890. The van der Waals surface area contributed by atoms with Gasteiger partial charge in [-0.05, 0) is 90.0 Å². The Hall–Kier alpha value is -5.02. The van der Waals surface area contributed by atoms with E-state index in [0.717, 1.165) is 10.5 Å². The molecule has 5 rings (SSSR count). The first-order chi connectivity index (χ1) is 22.8. The van der Waals surface area contributed by atoms with Gasteiger partial charge in [-0.25, -0.2) is 0 Å². The highest BCUT2D eigenvalue weighted by molar-refractivity contribution is 8.00. The minimum Gasteiger partial charge on any atom is -0.497 e. The van der Waals surface area contributed by atoms with Crippen LogP contribution in [0, 0.1) is 0 Å². The molecule has 0 aliphatic heterocycles. The Morgan fingerprint density at radius 1 is 0.745 bits per heavy atom. The first-order valence-corrected chi connectivity index (χ1v) is 16.0. The quantitative estimate of drug-likeness (QED) is 0.0956. The van der Waals surface area contributed by atoms with Gasteiger partial charge in [-0.1, -0.05) is 77.8 Å². The van der Waals surface area contributed by atoms with E-state index in [9.17, 15) is 14.4 Å². The van der Waals surface area contributed by atoms with Crippen molar-refractivity contribution in [3.05, 3.63) is 160 Å². The molecule has 0 saturated carbocycles. The Balaban J connectivity index is 1.33. The summed E-state index contributed by atoms with van der Waals surface area (Å²) < 4.78 is 5.21. The van der Waals surface area contributed by atoms with Crippen molar-refractivity contribution in [2.45, 2.75) is 10.1 Å². The molecule has 0 heterocycles. The summed E-state index contributed by atoms with van der Waals surface area (Å²) in [5, 5.41) is 8.74. The molecule has 0 aliphatic rings. The zero-order valence-electron chi connectivity index (χ0n) is 25.1. The fourth-order valence-corrected chi connectivity index (χ4v) is 5.94. The Kier molecular flexibility index (Phi) is 11.4. The van der Waals surface area contributed by atoms with Gasteiger partial charge >= 0.3 is 0 Å². The van der Waals surface area contributed by atoms with Crippen molar-refractivity contribution in [2.24, 2.45) is 0 Å². The van der Waals surface area contributed by atoms with Crippen LogP contribution < -0.4 is 20.7 Å². The normalized spacial score (nSPS) is 11.7. The van der Waals surface area contributed by atoms with E-state index >= 15 is 0 Å². The molecule has 0 bridgehead atoms. The molecular weight excluding hydrogens is 653 g/mol. The van der Waals surface area contributed by atoms with Crippen molar-refractivity contribution in [2.75, 3.05) is 17.7 Å². The zero-order chi connectivity index (χ0) is 33.2. The molecule has 7 nitrogen and oxygen atoms in total. The van der Waals surface area contributed by atoms with Crippen LogP contribution in [0.2, 0.25) is 10.0 Å². The van der Waals surface area contributed by atoms with Crippen LogP contribution in [0.3, 0.4) is 0 Å². The largest absolute Gasteiger partial charge is 0.497 e. The first kappa shape index (κ1) is 33.3. The van der Waals surface area contributed by atoms with Gasteiger partial charge in [-0.2, -0.15) is 0 Å². The highest BCUT2D eigenvalue weighted by atomic mass is 35.5. The van der Waals surface area contributed by atoms with E-state index in [-0.39, 0.29) is 11.6 Å². The summed E-state index contributed by atoms with van der Waals surface area (Å²) in [5.41, 5.74) is 2.85. The number of methoxy groups -OCH3 is 1. The summed E-state index contributed by atoms with van der Waals surface area (Å²) >= 11 is 13.8. The van der Waals surface area contributed by atoms with Gasteiger partial charge in [0.15, 0.2) is 0 Å². The number of nitrogens with one attached hydrogen (secondary N) is 3. The fraction of sp³-hybridized carbons (Fsp3) is 0.0541. The smallest absolute Gasteiger partial charge is 0.272 e. The average molecular weight is 683 g/mol. The maximum absolute atomic E-state index is 13.5. The summed E-state index contributed by atoms with van der Waals surface area (Å²) in [6.45, 7) is 0. The SMILES string of the molecule is COc1ccc(NC(=O)C(Sc2ccc(NC(=O)/C(=C/c3ccc(Cl)cc3Cl)NC(=O)c3ccccc3)cc2)c2ccccc2)cc1. The molecule has 47 heavy (non-hydrogen) atoms. The van der Waals surface area contributed by atoms with Crippen molar-refractivity contribution in [1.82, 2.24) is 5.32 Å². The third-order valence-electron chi connectivity index (χ3n) is 6.86. The Labute approximate surface area is 287 Å². The second kappa shape index (κ2) is 16.0. The minimum absolute atomic E-state index is 0.0131. The van der Waals surface area contributed by atoms with Crippen LogP contribution in [0.25, 0.3) is 6.08 Å². The van der Waals surface area contributed by atoms with Crippen LogP contribution in [0.1, 0.15) is 26.7 Å². The van der Waals surface area contributed by atoms with Gasteiger partial charge in [0.2, 0.25) is 5.91 Å². The van der Waals surface area contributed by atoms with Crippen LogP contribution in [-0.4, -0.2) is 24.8 Å². The third kappa shape index (κ3) is 9.26. The molecule has 5 aromatic rings. The van der Waals surface area contributed by atoms with Gasteiger partial charge in [0, 0.05) is 31.9 Å². The first-order valence-electron chi connectivity index (χ1n) is 14.4. The van der Waals surface area contributed by atoms with Crippen molar-refractivity contribution in [3.63, 3.8) is 0 Å². The second-order valence-corrected chi connectivity index (χ2v) is 12.2. The number of hydrogen-bond donors (Lipinski definition) is 3. The van der Waals surface area contributed by atoms with E-state index in [1.807, 2.05) is 42.5 Å². The van der Waals surface area contributed by atoms with Gasteiger partial charge in [-0.3, -0.25) is 14.4 Å². The molecule has 0 fully saturated rings. The standard InChI is InChI=1S/C37H29Cl2N3O4S/c1-46-30-18-14-28(15-19-30)41-37(45)34(24-8-4-2-5-9-24)47-31-20-16-29(17-21-31)40-36(44)33(22-26-12-13-27(38)23-32(26)39)42-35(43)25-10-6-3-7-11-25/h2-23,34H,1H3,(H,40,44)(H,41,45)(H,42,43)/b33-22-. The molecule has 0 aromatic heterocycles. The van der Waals surface area contributed by atoms with Crippen molar-refractivity contribution in [1.29, 1.82) is 0 Å². The molecule has 1 unspecified atom stereocenters. The predicted molar refractivity (Wildman–Crippen MR) is 190 cm³/mol. The third-order valence-corrected chi connectivity index (χ3v) is 8.68. The van der Waals surface area contributed by atoms with E-state index in [1.54, 1.807) is 92.0 Å². The van der Waals surface area contributed by atoms with Gasteiger partial charge in [-0.15, -0.1) is 11.8 Å². The van der Waals surface area contributed by atoms with Crippen molar-refractivity contribution < 1.29 is 19.1 Å². The number of halogens is 2. The van der Waals surface area contributed by atoms with Gasteiger partial charge < -0.3 is 20.7 Å². The number of benzene rings is 5. The predicted octanol–water partition coefficient (Wildman–Crippen LogP) is 8.88. The topological polar surface area (TPSA) is 96.5 Å². The lowest BCUT2D eigenvalue weighted by molar-refractivity contribution is -0.116. The molecule has 0 spiro atoms. The summed E-state index contributed by atoms with van der Waals surface area (Å²) in [7, 11) is 1.59. The number of carbonyl (C=O) groups excluding carboxylic acids is 3. The van der Waals surface area contributed by atoms with Crippen LogP contribution in [0.5, 0.6) is 5.75 Å². The molecule has 0 saturated heterocycles. The lowest BCUT2D eigenvalue weighted by Crippen LogP contribution is -2.30. The van der Waals surface area contributed by atoms with Crippen LogP contribution in [0.15, 0.2) is 138 Å². The summed E-state index contributed by atoms with van der Waals surface area (Å²) in [6, 6.07) is 37.2. The maximum atomic E-state index is 13.5. The highest BCUT2D eigenvalue weighted by Gasteiger charge is 2.23. The molecule has 10 heteroatoms. The number of rotatable bonds is 11. The number of thioether (sulfide) groups is 1. The molecule has 236 valence electrons.